The lowest BCUT2D eigenvalue weighted by atomic mass is 10.1. The van der Waals surface area contributed by atoms with Gasteiger partial charge in [-0.15, -0.1) is 0 Å². The molecular formula is C8H6FNO3. The molecule has 0 amide bonds. The molecule has 0 saturated heterocycles. The van der Waals surface area contributed by atoms with E-state index in [2.05, 4.69) is 0 Å². The summed E-state index contributed by atoms with van der Waals surface area (Å²) in [5.74, 6) is -1.18. The molecule has 0 atom stereocenters. The molecule has 0 spiro atoms. The van der Waals surface area contributed by atoms with Gasteiger partial charge in [-0.3, -0.25) is 14.9 Å². The number of benzene rings is 1. The first kappa shape index (κ1) is 9.31. The van der Waals surface area contributed by atoms with E-state index >= 15 is 0 Å². The molecule has 0 aliphatic heterocycles. The molecule has 0 N–H and O–H groups in total. The Morgan fingerprint density at radius 2 is 2.15 bits per heavy atom. The number of ketones is 1. The fourth-order valence-corrected chi connectivity index (χ4v) is 0.949. The maximum absolute atomic E-state index is 12.6. The van der Waals surface area contributed by atoms with Crippen molar-refractivity contribution in [3.63, 3.8) is 0 Å². The molecule has 13 heavy (non-hydrogen) atoms. The van der Waals surface area contributed by atoms with Crippen LogP contribution >= 0.6 is 0 Å². The monoisotopic (exact) mass is 183 g/mol. The quantitative estimate of drug-likeness (QED) is 0.400. The average Bonchev–Trinajstić information content (AvgIpc) is 2.03. The van der Waals surface area contributed by atoms with Crippen molar-refractivity contribution in [3.05, 3.63) is 39.7 Å². The third kappa shape index (κ3) is 1.87. The Kier molecular flexibility index (Phi) is 2.36. The van der Waals surface area contributed by atoms with E-state index in [4.69, 9.17) is 0 Å². The van der Waals surface area contributed by atoms with Crippen molar-refractivity contribution in [1.29, 1.82) is 0 Å². The van der Waals surface area contributed by atoms with Gasteiger partial charge in [-0.2, -0.15) is 0 Å². The number of hydrogen-bond acceptors (Lipinski definition) is 3. The van der Waals surface area contributed by atoms with Crippen molar-refractivity contribution in [1.82, 2.24) is 0 Å². The summed E-state index contributed by atoms with van der Waals surface area (Å²) in [5, 5.41) is 10.4. The molecule has 0 aliphatic carbocycles. The van der Waals surface area contributed by atoms with Gasteiger partial charge in [0.25, 0.3) is 5.69 Å². The predicted octanol–water partition coefficient (Wildman–Crippen LogP) is 1.94. The second-order valence-electron chi connectivity index (χ2n) is 2.47. The topological polar surface area (TPSA) is 60.2 Å². The molecule has 68 valence electrons. The number of nitro groups is 1. The summed E-state index contributed by atoms with van der Waals surface area (Å²) in [6.45, 7) is 1.15. The van der Waals surface area contributed by atoms with Crippen LogP contribution in [0.2, 0.25) is 0 Å². The van der Waals surface area contributed by atoms with Crippen LogP contribution < -0.4 is 0 Å². The van der Waals surface area contributed by atoms with E-state index in [1.54, 1.807) is 0 Å². The number of halogens is 1. The van der Waals surface area contributed by atoms with Gasteiger partial charge in [-0.05, 0) is 19.1 Å². The fourth-order valence-electron chi connectivity index (χ4n) is 0.949. The van der Waals surface area contributed by atoms with E-state index in [9.17, 15) is 19.3 Å². The van der Waals surface area contributed by atoms with Gasteiger partial charge in [0.2, 0.25) is 0 Å². The molecule has 0 saturated carbocycles. The Morgan fingerprint density at radius 1 is 1.54 bits per heavy atom. The zero-order chi connectivity index (χ0) is 10.0. The van der Waals surface area contributed by atoms with Gasteiger partial charge in [0.1, 0.15) is 5.82 Å². The largest absolute Gasteiger partial charge is 0.294 e. The summed E-state index contributed by atoms with van der Waals surface area (Å²) >= 11 is 0. The average molecular weight is 183 g/mol. The number of nitro benzene ring substituents is 1. The van der Waals surface area contributed by atoms with Gasteiger partial charge in [-0.1, -0.05) is 0 Å². The molecule has 4 nitrogen and oxygen atoms in total. The normalized spacial score (nSPS) is 9.69. The van der Waals surface area contributed by atoms with Crippen molar-refractivity contribution in [2.45, 2.75) is 6.92 Å². The summed E-state index contributed by atoms with van der Waals surface area (Å²) in [7, 11) is 0. The number of nitrogens with zero attached hydrogens (tertiary/aromatic N) is 1. The van der Waals surface area contributed by atoms with E-state index in [1.807, 2.05) is 0 Å². The van der Waals surface area contributed by atoms with Crippen molar-refractivity contribution in [2.75, 3.05) is 0 Å². The van der Waals surface area contributed by atoms with Crippen LogP contribution in [-0.4, -0.2) is 10.7 Å². The predicted molar refractivity (Wildman–Crippen MR) is 43.1 cm³/mol. The summed E-state index contributed by atoms with van der Waals surface area (Å²) in [5.41, 5.74) is -0.570. The number of rotatable bonds is 2. The summed E-state index contributed by atoms with van der Waals surface area (Å²) < 4.78 is 12.6. The van der Waals surface area contributed by atoms with Crippen LogP contribution in [-0.2, 0) is 0 Å². The van der Waals surface area contributed by atoms with E-state index in [1.165, 1.54) is 0 Å². The minimum atomic E-state index is -0.712. The second-order valence-corrected chi connectivity index (χ2v) is 2.47. The molecule has 0 aliphatic rings. The Labute approximate surface area is 73.1 Å². The van der Waals surface area contributed by atoms with Crippen LogP contribution in [0.3, 0.4) is 0 Å². The molecule has 0 radical (unpaired) electrons. The minimum absolute atomic E-state index is 0.204. The van der Waals surface area contributed by atoms with Gasteiger partial charge in [0.15, 0.2) is 5.78 Å². The minimum Gasteiger partial charge on any atom is -0.294 e. The Morgan fingerprint density at radius 3 is 2.62 bits per heavy atom. The first-order valence-electron chi connectivity index (χ1n) is 3.47. The highest BCUT2D eigenvalue weighted by Gasteiger charge is 2.17. The summed E-state index contributed by atoms with van der Waals surface area (Å²) in [4.78, 5) is 20.5. The summed E-state index contributed by atoms with van der Waals surface area (Å²) in [6, 6.07) is 2.79. The third-order valence-electron chi connectivity index (χ3n) is 1.53. The van der Waals surface area contributed by atoms with Crippen LogP contribution in [0.5, 0.6) is 0 Å². The highest BCUT2D eigenvalue weighted by Crippen LogP contribution is 2.19. The summed E-state index contributed by atoms with van der Waals surface area (Å²) in [6.07, 6.45) is 0. The zero-order valence-electron chi connectivity index (χ0n) is 6.78. The van der Waals surface area contributed by atoms with Gasteiger partial charge in [0, 0.05) is 6.07 Å². The molecule has 0 bridgehead atoms. The number of carbonyl (C=O) groups excluding carboxylic acids is 1. The SMILES string of the molecule is CC(=O)c1cc(F)ccc1[N+](=O)[O-]. The molecule has 1 rings (SSSR count). The first-order chi connectivity index (χ1) is 6.02. The number of hydrogen-bond donors (Lipinski definition) is 0. The Balaban J connectivity index is 3.35. The zero-order valence-corrected chi connectivity index (χ0v) is 6.78. The van der Waals surface area contributed by atoms with E-state index in [0.717, 1.165) is 25.1 Å². The Hall–Kier alpha value is -1.78. The highest BCUT2D eigenvalue weighted by atomic mass is 19.1. The van der Waals surface area contributed by atoms with Crippen molar-refractivity contribution >= 4 is 11.5 Å². The maximum atomic E-state index is 12.6. The molecule has 1 aromatic carbocycles. The second kappa shape index (κ2) is 3.30. The van der Waals surface area contributed by atoms with Crippen molar-refractivity contribution in [2.24, 2.45) is 0 Å². The molecule has 0 heterocycles. The van der Waals surface area contributed by atoms with Crippen LogP contribution in [0.4, 0.5) is 10.1 Å². The van der Waals surface area contributed by atoms with Gasteiger partial charge < -0.3 is 0 Å². The maximum Gasteiger partial charge on any atom is 0.280 e. The molecular weight excluding hydrogens is 177 g/mol. The molecule has 0 aromatic heterocycles. The lowest BCUT2D eigenvalue weighted by molar-refractivity contribution is -0.385. The van der Waals surface area contributed by atoms with Gasteiger partial charge in [-0.25, -0.2) is 4.39 Å². The molecule has 0 fully saturated rings. The van der Waals surface area contributed by atoms with Crippen LogP contribution in [0, 0.1) is 15.9 Å². The third-order valence-corrected chi connectivity index (χ3v) is 1.53. The van der Waals surface area contributed by atoms with Crippen LogP contribution in [0.25, 0.3) is 0 Å². The highest BCUT2D eigenvalue weighted by molar-refractivity contribution is 5.97. The lowest BCUT2D eigenvalue weighted by Crippen LogP contribution is -2.00. The standard InChI is InChI=1S/C8H6FNO3/c1-5(11)7-4-6(9)2-3-8(7)10(12)13/h2-4H,1H3. The number of Topliss-reactive ketones (excluding diaryl/α,β-unsaturated/α-hetero) is 1. The lowest BCUT2D eigenvalue weighted by Gasteiger charge is -1.97. The van der Waals surface area contributed by atoms with Crippen molar-refractivity contribution < 1.29 is 14.1 Å². The first-order valence-corrected chi connectivity index (χ1v) is 3.47. The van der Waals surface area contributed by atoms with Crippen molar-refractivity contribution in [3.8, 4) is 0 Å². The molecule has 5 heteroatoms. The van der Waals surface area contributed by atoms with Crippen LogP contribution in [0.15, 0.2) is 18.2 Å². The smallest absolute Gasteiger partial charge is 0.280 e. The van der Waals surface area contributed by atoms with Gasteiger partial charge in [0.05, 0.1) is 10.5 Å². The Bertz CT molecular complexity index is 376. The van der Waals surface area contributed by atoms with E-state index in [0.29, 0.717) is 0 Å². The fraction of sp³-hybridized carbons (Fsp3) is 0.125. The van der Waals surface area contributed by atoms with Crippen LogP contribution in [0.1, 0.15) is 17.3 Å². The van der Waals surface area contributed by atoms with E-state index < -0.39 is 16.5 Å². The molecule has 0 unspecified atom stereocenters. The van der Waals surface area contributed by atoms with E-state index in [-0.39, 0.29) is 11.3 Å². The van der Waals surface area contributed by atoms with Gasteiger partial charge >= 0.3 is 0 Å². The molecule has 1 aromatic rings. The number of carbonyl (C=O) groups is 1.